The summed E-state index contributed by atoms with van der Waals surface area (Å²) in [4.78, 5) is 15.8. The number of nitrogens with zero attached hydrogens (tertiary/aromatic N) is 2. The van der Waals surface area contributed by atoms with E-state index < -0.39 is 0 Å². The average molecular weight is 233 g/mol. The molecule has 0 atom stereocenters. The van der Waals surface area contributed by atoms with Crippen molar-refractivity contribution in [3.05, 3.63) is 35.7 Å². The predicted octanol–water partition coefficient (Wildman–Crippen LogP) is 0.916. The number of hydrogen-bond acceptors (Lipinski definition) is 6. The molecule has 0 bridgehead atoms. The van der Waals surface area contributed by atoms with Gasteiger partial charge in [0.25, 0.3) is 5.91 Å². The minimum atomic E-state index is -0.379. The Morgan fingerprint density at radius 2 is 2.24 bits per heavy atom. The summed E-state index contributed by atoms with van der Waals surface area (Å²) >= 11 is 0. The molecule has 0 radical (unpaired) electrons. The van der Waals surface area contributed by atoms with Gasteiger partial charge in [-0.05, 0) is 19.1 Å². The number of pyridine rings is 1. The van der Waals surface area contributed by atoms with Crippen molar-refractivity contribution in [2.24, 2.45) is 5.84 Å². The number of amides is 1. The van der Waals surface area contributed by atoms with E-state index in [1.54, 1.807) is 31.2 Å². The van der Waals surface area contributed by atoms with Crippen molar-refractivity contribution >= 4 is 17.5 Å². The van der Waals surface area contributed by atoms with Crippen molar-refractivity contribution in [3.63, 3.8) is 0 Å². The van der Waals surface area contributed by atoms with E-state index in [2.05, 4.69) is 20.9 Å². The van der Waals surface area contributed by atoms with Crippen molar-refractivity contribution in [3.8, 4) is 0 Å². The molecule has 7 nitrogen and oxygen atoms in total. The molecule has 0 fully saturated rings. The molecular formula is C10H11N5O2. The number of nitrogens with two attached hydrogens (primary N) is 1. The Morgan fingerprint density at radius 1 is 1.41 bits per heavy atom. The minimum absolute atomic E-state index is 0.237. The average Bonchev–Trinajstić information content (AvgIpc) is 2.75. The Kier molecular flexibility index (Phi) is 3.01. The second-order valence-corrected chi connectivity index (χ2v) is 3.33. The number of anilines is 2. The summed E-state index contributed by atoms with van der Waals surface area (Å²) in [6.45, 7) is 1.74. The molecule has 0 aliphatic rings. The van der Waals surface area contributed by atoms with Gasteiger partial charge in [-0.25, -0.2) is 10.8 Å². The Hall–Kier alpha value is -2.41. The molecule has 2 rings (SSSR count). The van der Waals surface area contributed by atoms with Crippen LogP contribution < -0.4 is 16.6 Å². The lowest BCUT2D eigenvalue weighted by Gasteiger charge is -2.02. The molecule has 1 amide bonds. The fraction of sp³-hybridized carbons (Fsp3) is 0.100. The van der Waals surface area contributed by atoms with E-state index in [1.165, 1.54) is 0 Å². The molecule has 0 saturated carbocycles. The molecule has 0 saturated heterocycles. The maximum Gasteiger partial charge on any atom is 0.275 e. The highest BCUT2D eigenvalue weighted by Crippen LogP contribution is 2.09. The summed E-state index contributed by atoms with van der Waals surface area (Å²) in [5.74, 6) is 6.20. The maximum atomic E-state index is 11.8. The molecule has 2 aromatic rings. The summed E-state index contributed by atoms with van der Waals surface area (Å²) in [7, 11) is 0. The first-order valence-electron chi connectivity index (χ1n) is 4.87. The van der Waals surface area contributed by atoms with Crippen LogP contribution in [0.15, 0.2) is 28.8 Å². The van der Waals surface area contributed by atoms with Crippen molar-refractivity contribution in [1.29, 1.82) is 0 Å². The summed E-state index contributed by atoms with van der Waals surface area (Å²) in [5, 5.41) is 6.20. The van der Waals surface area contributed by atoms with E-state index in [9.17, 15) is 4.79 Å². The van der Waals surface area contributed by atoms with Gasteiger partial charge in [0.1, 0.15) is 17.3 Å². The van der Waals surface area contributed by atoms with Crippen LogP contribution in [0, 0.1) is 6.92 Å². The SMILES string of the molecule is Cc1cc(NC(=O)c2cccc(NN)n2)no1. The maximum absolute atomic E-state index is 11.8. The Balaban J connectivity index is 2.14. The molecule has 0 spiro atoms. The number of hydrazine groups is 1. The van der Waals surface area contributed by atoms with Crippen LogP contribution in [0.3, 0.4) is 0 Å². The lowest BCUT2D eigenvalue weighted by molar-refractivity contribution is 0.102. The summed E-state index contributed by atoms with van der Waals surface area (Å²) < 4.78 is 4.83. The third kappa shape index (κ3) is 2.58. The van der Waals surface area contributed by atoms with Crippen LogP contribution in [0.1, 0.15) is 16.2 Å². The molecule has 2 aromatic heterocycles. The van der Waals surface area contributed by atoms with Crippen molar-refractivity contribution < 1.29 is 9.32 Å². The quantitative estimate of drug-likeness (QED) is 0.537. The Labute approximate surface area is 97.0 Å². The lowest BCUT2D eigenvalue weighted by atomic mass is 10.3. The molecule has 88 valence electrons. The third-order valence-electron chi connectivity index (χ3n) is 2.00. The number of aromatic nitrogens is 2. The first-order chi connectivity index (χ1) is 8.19. The van der Waals surface area contributed by atoms with E-state index in [0.717, 1.165) is 0 Å². The molecule has 4 N–H and O–H groups in total. The number of aryl methyl sites for hydroxylation is 1. The standard InChI is InChI=1S/C10H11N5O2/c1-6-5-9(15-17-6)13-10(16)7-3-2-4-8(12-7)14-11/h2-5H,11H2,1H3,(H,12,14)(H,13,15,16). The van der Waals surface area contributed by atoms with Crippen LogP contribution in [-0.2, 0) is 0 Å². The molecule has 0 unspecified atom stereocenters. The largest absolute Gasteiger partial charge is 0.360 e. The summed E-state index contributed by atoms with van der Waals surface area (Å²) in [6.07, 6.45) is 0. The lowest BCUT2D eigenvalue weighted by Crippen LogP contribution is -2.16. The van der Waals surface area contributed by atoms with Crippen LogP contribution in [-0.4, -0.2) is 16.0 Å². The van der Waals surface area contributed by atoms with E-state index in [4.69, 9.17) is 10.4 Å². The molecule has 2 heterocycles. The zero-order chi connectivity index (χ0) is 12.3. The van der Waals surface area contributed by atoms with Gasteiger partial charge in [-0.1, -0.05) is 11.2 Å². The molecular weight excluding hydrogens is 222 g/mol. The van der Waals surface area contributed by atoms with Crippen LogP contribution in [0.5, 0.6) is 0 Å². The highest BCUT2D eigenvalue weighted by molar-refractivity contribution is 6.02. The van der Waals surface area contributed by atoms with Gasteiger partial charge in [-0.15, -0.1) is 0 Å². The van der Waals surface area contributed by atoms with Gasteiger partial charge in [0.2, 0.25) is 0 Å². The first-order valence-corrected chi connectivity index (χ1v) is 4.87. The van der Waals surface area contributed by atoms with Gasteiger partial charge in [-0.3, -0.25) is 4.79 Å². The minimum Gasteiger partial charge on any atom is -0.360 e. The van der Waals surface area contributed by atoms with Gasteiger partial charge < -0.3 is 15.3 Å². The highest BCUT2D eigenvalue weighted by atomic mass is 16.5. The highest BCUT2D eigenvalue weighted by Gasteiger charge is 2.10. The van der Waals surface area contributed by atoms with Crippen LogP contribution in [0.2, 0.25) is 0 Å². The van der Waals surface area contributed by atoms with Gasteiger partial charge in [0.15, 0.2) is 5.82 Å². The molecule has 0 aromatic carbocycles. The van der Waals surface area contributed by atoms with Crippen LogP contribution in [0.25, 0.3) is 0 Å². The van der Waals surface area contributed by atoms with Gasteiger partial charge in [-0.2, -0.15) is 0 Å². The third-order valence-corrected chi connectivity index (χ3v) is 2.00. The Bertz CT molecular complexity index is 537. The van der Waals surface area contributed by atoms with Crippen LogP contribution in [0.4, 0.5) is 11.6 Å². The Morgan fingerprint density at radius 3 is 2.88 bits per heavy atom. The van der Waals surface area contributed by atoms with Gasteiger partial charge in [0, 0.05) is 6.07 Å². The molecule has 7 heteroatoms. The monoisotopic (exact) mass is 233 g/mol. The van der Waals surface area contributed by atoms with Crippen molar-refractivity contribution in [2.75, 3.05) is 10.7 Å². The molecule has 0 aliphatic heterocycles. The molecule has 17 heavy (non-hydrogen) atoms. The fourth-order valence-corrected chi connectivity index (χ4v) is 1.25. The fourth-order valence-electron chi connectivity index (χ4n) is 1.25. The van der Waals surface area contributed by atoms with Crippen molar-refractivity contribution in [2.45, 2.75) is 6.92 Å². The number of nitrogens with one attached hydrogen (secondary N) is 2. The number of carbonyl (C=O) groups excluding carboxylic acids is 1. The molecule has 0 aliphatic carbocycles. The van der Waals surface area contributed by atoms with E-state index >= 15 is 0 Å². The second kappa shape index (κ2) is 4.62. The van der Waals surface area contributed by atoms with Gasteiger partial charge in [0.05, 0.1) is 0 Å². The number of carbonyl (C=O) groups is 1. The van der Waals surface area contributed by atoms with E-state index in [-0.39, 0.29) is 11.6 Å². The number of nitrogen functional groups attached to an aromatic ring is 1. The first kappa shape index (κ1) is 11.1. The van der Waals surface area contributed by atoms with Gasteiger partial charge >= 0.3 is 0 Å². The number of rotatable bonds is 3. The van der Waals surface area contributed by atoms with E-state index in [0.29, 0.717) is 17.4 Å². The summed E-state index contributed by atoms with van der Waals surface area (Å²) in [5.41, 5.74) is 2.60. The zero-order valence-electron chi connectivity index (χ0n) is 9.10. The number of hydrogen-bond donors (Lipinski definition) is 3. The van der Waals surface area contributed by atoms with Crippen molar-refractivity contribution in [1.82, 2.24) is 10.1 Å². The van der Waals surface area contributed by atoms with E-state index in [1.807, 2.05) is 0 Å². The second-order valence-electron chi connectivity index (χ2n) is 3.33. The predicted molar refractivity (Wildman–Crippen MR) is 61.2 cm³/mol. The zero-order valence-corrected chi connectivity index (χ0v) is 9.10. The van der Waals surface area contributed by atoms with Crippen LogP contribution >= 0.6 is 0 Å². The smallest absolute Gasteiger partial charge is 0.275 e. The topological polar surface area (TPSA) is 106 Å². The summed E-state index contributed by atoms with van der Waals surface area (Å²) in [6, 6.07) is 6.51. The normalized spacial score (nSPS) is 10.0.